The zero-order valence-corrected chi connectivity index (χ0v) is 12.9. The topological polar surface area (TPSA) is 35.5 Å². The van der Waals surface area contributed by atoms with Crippen molar-refractivity contribution in [1.29, 1.82) is 0 Å². The van der Waals surface area contributed by atoms with Gasteiger partial charge in [-0.25, -0.2) is 0 Å². The van der Waals surface area contributed by atoms with Crippen LogP contribution in [0.3, 0.4) is 0 Å². The summed E-state index contributed by atoms with van der Waals surface area (Å²) in [6.07, 6.45) is 2.14. The van der Waals surface area contributed by atoms with Crippen molar-refractivity contribution in [3.8, 4) is 0 Å². The highest BCUT2D eigenvalue weighted by atomic mass is 35.5. The molecule has 4 heteroatoms. The first kappa shape index (κ1) is 15.8. The van der Waals surface area contributed by atoms with E-state index in [9.17, 15) is 5.11 Å². The molecule has 2 rings (SSSR count). The van der Waals surface area contributed by atoms with E-state index in [1.165, 1.54) is 25.9 Å². The molecule has 1 aliphatic heterocycles. The molecule has 1 aliphatic rings. The minimum Gasteiger partial charge on any atom is -0.387 e. The minimum atomic E-state index is -0.539. The maximum Gasteiger partial charge on any atom is 0.0928 e. The predicted octanol–water partition coefficient (Wildman–Crippen LogP) is 2.69. The number of aliphatic hydroxyl groups excluding tert-OH is 1. The summed E-state index contributed by atoms with van der Waals surface area (Å²) in [7, 11) is 0. The predicted molar refractivity (Wildman–Crippen MR) is 84.1 cm³/mol. The number of nitrogens with zero attached hydrogens (tertiary/aromatic N) is 1. The molecule has 0 aliphatic carbocycles. The number of hydrogen-bond acceptors (Lipinski definition) is 3. The first-order valence-corrected chi connectivity index (χ1v) is 7.90. The zero-order valence-electron chi connectivity index (χ0n) is 12.2. The first-order valence-electron chi connectivity index (χ1n) is 7.52. The van der Waals surface area contributed by atoms with E-state index in [0.29, 0.717) is 17.5 Å². The normalized spacial score (nSPS) is 19.1. The molecule has 20 heavy (non-hydrogen) atoms. The largest absolute Gasteiger partial charge is 0.387 e. The third-order valence-corrected chi connectivity index (χ3v) is 4.21. The van der Waals surface area contributed by atoms with Crippen molar-refractivity contribution in [1.82, 2.24) is 10.2 Å². The highest BCUT2D eigenvalue weighted by molar-refractivity contribution is 6.31. The molecule has 3 nitrogen and oxygen atoms in total. The summed E-state index contributed by atoms with van der Waals surface area (Å²) in [6.45, 7) is 7.37. The van der Waals surface area contributed by atoms with E-state index in [-0.39, 0.29) is 0 Å². The molecule has 112 valence electrons. The number of rotatable bonds is 7. The quantitative estimate of drug-likeness (QED) is 0.812. The number of nitrogens with one attached hydrogen (secondary N) is 1. The van der Waals surface area contributed by atoms with Crippen molar-refractivity contribution in [2.24, 2.45) is 5.92 Å². The Morgan fingerprint density at radius 1 is 1.25 bits per heavy atom. The van der Waals surface area contributed by atoms with Crippen LogP contribution < -0.4 is 5.32 Å². The van der Waals surface area contributed by atoms with Crippen molar-refractivity contribution in [2.45, 2.75) is 25.9 Å². The average molecular weight is 297 g/mol. The fraction of sp³-hybridized carbons (Fsp3) is 0.625. The van der Waals surface area contributed by atoms with Gasteiger partial charge in [0, 0.05) is 23.7 Å². The summed E-state index contributed by atoms with van der Waals surface area (Å²) in [6, 6.07) is 7.48. The molecular weight excluding hydrogens is 272 g/mol. The lowest BCUT2D eigenvalue weighted by molar-refractivity contribution is 0.171. The van der Waals surface area contributed by atoms with Crippen molar-refractivity contribution >= 4 is 11.6 Å². The lowest BCUT2D eigenvalue weighted by atomic mass is 10.1. The van der Waals surface area contributed by atoms with E-state index >= 15 is 0 Å². The van der Waals surface area contributed by atoms with Crippen molar-refractivity contribution in [3.63, 3.8) is 0 Å². The molecule has 0 spiro atoms. The molecule has 1 fully saturated rings. The molecule has 2 atom stereocenters. The number of likely N-dealkylation sites (tertiary alicyclic amines) is 1. The summed E-state index contributed by atoms with van der Waals surface area (Å²) < 4.78 is 0. The molecule has 2 unspecified atom stereocenters. The van der Waals surface area contributed by atoms with Crippen LogP contribution >= 0.6 is 11.6 Å². The lowest BCUT2D eigenvalue weighted by Gasteiger charge is -2.21. The smallest absolute Gasteiger partial charge is 0.0928 e. The van der Waals surface area contributed by atoms with Crippen LogP contribution in [-0.4, -0.2) is 42.7 Å². The van der Waals surface area contributed by atoms with Crippen LogP contribution in [-0.2, 0) is 0 Å². The van der Waals surface area contributed by atoms with Crippen LogP contribution in [0.25, 0.3) is 0 Å². The highest BCUT2D eigenvalue weighted by Crippen LogP contribution is 2.21. The van der Waals surface area contributed by atoms with Crippen molar-refractivity contribution in [2.75, 3.05) is 32.7 Å². The van der Waals surface area contributed by atoms with E-state index in [1.807, 2.05) is 24.3 Å². The second-order valence-electron chi connectivity index (χ2n) is 5.81. The minimum absolute atomic E-state index is 0.539. The maximum absolute atomic E-state index is 10.1. The molecule has 0 radical (unpaired) electrons. The SMILES string of the molecule is CC(CNCC(O)c1ccccc1Cl)CN1CCCC1. The van der Waals surface area contributed by atoms with Gasteiger partial charge in [0.15, 0.2) is 0 Å². The number of benzene rings is 1. The van der Waals surface area contributed by atoms with Crippen LogP contribution in [0.4, 0.5) is 0 Å². The van der Waals surface area contributed by atoms with E-state index in [4.69, 9.17) is 11.6 Å². The number of halogens is 1. The van der Waals surface area contributed by atoms with Crippen LogP contribution in [0.5, 0.6) is 0 Å². The van der Waals surface area contributed by atoms with Crippen LogP contribution in [0.15, 0.2) is 24.3 Å². The van der Waals surface area contributed by atoms with Gasteiger partial charge in [0.25, 0.3) is 0 Å². The monoisotopic (exact) mass is 296 g/mol. The zero-order chi connectivity index (χ0) is 14.4. The third kappa shape index (κ3) is 4.74. The summed E-state index contributed by atoms with van der Waals surface area (Å²) in [5, 5.41) is 14.1. The van der Waals surface area contributed by atoms with Gasteiger partial charge >= 0.3 is 0 Å². The molecule has 1 heterocycles. The maximum atomic E-state index is 10.1. The van der Waals surface area contributed by atoms with Gasteiger partial charge in [-0.05, 0) is 44.5 Å². The molecule has 2 N–H and O–H groups in total. The van der Waals surface area contributed by atoms with Crippen molar-refractivity contribution < 1.29 is 5.11 Å². The Morgan fingerprint density at radius 3 is 2.65 bits per heavy atom. The van der Waals surface area contributed by atoms with E-state index in [2.05, 4.69) is 17.1 Å². The fourth-order valence-corrected chi connectivity index (χ4v) is 3.05. The Labute approximate surface area is 126 Å². The van der Waals surface area contributed by atoms with Crippen LogP contribution in [0.2, 0.25) is 5.02 Å². The van der Waals surface area contributed by atoms with Gasteiger partial charge in [-0.3, -0.25) is 0 Å². The van der Waals surface area contributed by atoms with Gasteiger partial charge < -0.3 is 15.3 Å². The first-order chi connectivity index (χ1) is 9.66. The Bertz CT molecular complexity index is 407. The van der Waals surface area contributed by atoms with E-state index in [1.54, 1.807) is 0 Å². The Kier molecular flexibility index (Phi) is 6.30. The van der Waals surface area contributed by atoms with Gasteiger partial charge in [-0.1, -0.05) is 36.7 Å². The van der Waals surface area contributed by atoms with Gasteiger partial charge in [0.1, 0.15) is 0 Å². The van der Waals surface area contributed by atoms with Crippen molar-refractivity contribution in [3.05, 3.63) is 34.9 Å². The molecular formula is C16H25ClN2O. The molecule has 1 aromatic carbocycles. The van der Waals surface area contributed by atoms with E-state index < -0.39 is 6.10 Å². The second-order valence-corrected chi connectivity index (χ2v) is 6.22. The van der Waals surface area contributed by atoms with Gasteiger partial charge in [-0.15, -0.1) is 0 Å². The van der Waals surface area contributed by atoms with Crippen LogP contribution in [0, 0.1) is 5.92 Å². The summed E-state index contributed by atoms with van der Waals surface area (Å²) in [5.41, 5.74) is 0.800. The van der Waals surface area contributed by atoms with Gasteiger partial charge in [0.2, 0.25) is 0 Å². The molecule has 1 saturated heterocycles. The molecule has 1 aromatic rings. The second kappa shape index (κ2) is 7.99. The standard InChI is InChI=1S/C16H25ClN2O/c1-13(12-19-8-4-5-9-19)10-18-11-16(20)14-6-2-3-7-15(14)17/h2-3,6-7,13,16,18,20H,4-5,8-12H2,1H3. The average Bonchev–Trinajstić information content (AvgIpc) is 2.92. The number of aliphatic hydroxyl groups is 1. The highest BCUT2D eigenvalue weighted by Gasteiger charge is 2.15. The Morgan fingerprint density at radius 2 is 1.95 bits per heavy atom. The Balaban J connectivity index is 1.68. The van der Waals surface area contributed by atoms with Gasteiger partial charge in [0.05, 0.1) is 6.10 Å². The van der Waals surface area contributed by atoms with Crippen LogP contribution in [0.1, 0.15) is 31.4 Å². The third-order valence-electron chi connectivity index (χ3n) is 3.86. The fourth-order valence-electron chi connectivity index (χ4n) is 2.79. The number of hydrogen-bond donors (Lipinski definition) is 2. The molecule has 0 aromatic heterocycles. The molecule has 0 bridgehead atoms. The van der Waals surface area contributed by atoms with Gasteiger partial charge in [-0.2, -0.15) is 0 Å². The Hall–Kier alpha value is -0.610. The summed E-state index contributed by atoms with van der Waals surface area (Å²) in [5.74, 6) is 0.603. The summed E-state index contributed by atoms with van der Waals surface area (Å²) in [4.78, 5) is 2.52. The lowest BCUT2D eigenvalue weighted by Crippen LogP contribution is -2.33. The molecule has 0 saturated carbocycles. The summed E-state index contributed by atoms with van der Waals surface area (Å²) >= 11 is 6.08. The van der Waals surface area contributed by atoms with E-state index in [0.717, 1.165) is 18.7 Å². The molecule has 0 amide bonds.